The number of nitriles is 1. The summed E-state index contributed by atoms with van der Waals surface area (Å²) in [5.41, 5.74) is 1.13. The highest BCUT2D eigenvalue weighted by atomic mass is 19.1. The predicted octanol–water partition coefficient (Wildman–Crippen LogP) is 7.44. The van der Waals surface area contributed by atoms with Gasteiger partial charge < -0.3 is 4.74 Å². The van der Waals surface area contributed by atoms with Crippen LogP contribution in [0.3, 0.4) is 0 Å². The van der Waals surface area contributed by atoms with Gasteiger partial charge in [-0.05, 0) is 56.2 Å². The number of esters is 1. The Morgan fingerprint density at radius 3 is 2.23 bits per heavy atom. The van der Waals surface area contributed by atoms with Gasteiger partial charge in [-0.25, -0.2) is 14.4 Å². The molecule has 0 N–H and O–H groups in total. The fourth-order valence-electron chi connectivity index (χ4n) is 4.78. The molecule has 0 amide bonds. The van der Waals surface area contributed by atoms with Gasteiger partial charge in [0.05, 0.1) is 11.5 Å². The van der Waals surface area contributed by atoms with Crippen LogP contribution in [0, 0.1) is 23.1 Å². The van der Waals surface area contributed by atoms with E-state index >= 15 is 0 Å². The molecule has 5 nitrogen and oxygen atoms in total. The molecule has 1 aliphatic carbocycles. The molecule has 0 radical (unpaired) electrons. The summed E-state index contributed by atoms with van der Waals surface area (Å²) < 4.78 is 19.1. The van der Waals surface area contributed by atoms with E-state index in [4.69, 9.17) is 10.00 Å². The third kappa shape index (κ3) is 8.72. The first-order valence-electron chi connectivity index (χ1n) is 13.3. The van der Waals surface area contributed by atoms with Crippen molar-refractivity contribution in [2.75, 3.05) is 0 Å². The second kappa shape index (κ2) is 14.6. The number of carbonyl (C=O) groups is 1. The van der Waals surface area contributed by atoms with Crippen molar-refractivity contribution in [2.24, 2.45) is 5.92 Å². The highest BCUT2D eigenvalue weighted by Gasteiger charge is 2.29. The number of halogens is 1. The lowest BCUT2D eigenvalue weighted by Gasteiger charge is -2.26. The number of unbranched alkanes of at least 4 members (excludes halogenated alkanes) is 8. The highest BCUT2D eigenvalue weighted by molar-refractivity contribution is 5.75. The zero-order chi connectivity index (χ0) is 24.9. The van der Waals surface area contributed by atoms with Crippen LogP contribution in [0.1, 0.15) is 113 Å². The van der Waals surface area contributed by atoms with Crippen molar-refractivity contribution in [1.82, 2.24) is 9.97 Å². The molecular weight excluding hydrogens is 441 g/mol. The van der Waals surface area contributed by atoms with Crippen molar-refractivity contribution in [3.05, 3.63) is 53.4 Å². The Balaban J connectivity index is 1.34. The van der Waals surface area contributed by atoms with E-state index in [1.807, 2.05) is 12.4 Å². The van der Waals surface area contributed by atoms with Gasteiger partial charge in [-0.3, -0.25) is 4.79 Å². The molecule has 1 aromatic carbocycles. The molecule has 188 valence electrons. The quantitative estimate of drug-likeness (QED) is 0.169. The van der Waals surface area contributed by atoms with Crippen LogP contribution in [-0.4, -0.2) is 15.9 Å². The second-order valence-corrected chi connectivity index (χ2v) is 9.75. The largest absolute Gasteiger partial charge is 0.426 e. The van der Waals surface area contributed by atoms with Crippen LogP contribution in [0.2, 0.25) is 0 Å². The normalized spacial score (nSPS) is 17.6. The lowest BCUT2D eigenvalue weighted by molar-refractivity contribution is -0.140. The summed E-state index contributed by atoms with van der Waals surface area (Å²) in [5, 5.41) is 8.82. The number of aryl methyl sites for hydroxylation is 1. The first kappa shape index (κ1) is 26.8. The molecule has 0 spiro atoms. The van der Waals surface area contributed by atoms with E-state index in [1.165, 1.54) is 75.5 Å². The van der Waals surface area contributed by atoms with E-state index < -0.39 is 5.82 Å². The first-order chi connectivity index (χ1) is 17.1. The molecule has 1 aromatic heterocycles. The van der Waals surface area contributed by atoms with Gasteiger partial charge in [0.1, 0.15) is 23.5 Å². The number of carbonyl (C=O) groups excluding carboxylic acids is 1. The maximum absolute atomic E-state index is 13.7. The number of nitrogens with zero attached hydrogens (tertiary/aromatic N) is 3. The lowest BCUT2D eigenvalue weighted by atomic mass is 9.81. The van der Waals surface area contributed by atoms with Crippen LogP contribution in [0.4, 0.5) is 4.39 Å². The average molecular weight is 480 g/mol. The van der Waals surface area contributed by atoms with Crippen LogP contribution in [0.25, 0.3) is 0 Å². The summed E-state index contributed by atoms with van der Waals surface area (Å²) >= 11 is 0. The van der Waals surface area contributed by atoms with Crippen LogP contribution >= 0.6 is 0 Å². The molecule has 35 heavy (non-hydrogen) atoms. The SMILES string of the molecule is CCCCCCCCCCCc1cnc(C2CCC(C(=O)Oc3ccc(C#N)c(F)c3)CC2)nc1. The topological polar surface area (TPSA) is 75.9 Å². The van der Waals surface area contributed by atoms with Gasteiger partial charge in [-0.1, -0.05) is 58.3 Å². The van der Waals surface area contributed by atoms with Crippen molar-refractivity contribution in [2.45, 2.75) is 103 Å². The Bertz CT molecular complexity index is 963. The maximum Gasteiger partial charge on any atom is 0.314 e. The number of hydrogen-bond acceptors (Lipinski definition) is 5. The van der Waals surface area contributed by atoms with E-state index in [0.717, 1.165) is 31.2 Å². The minimum absolute atomic E-state index is 0.0653. The van der Waals surface area contributed by atoms with Gasteiger partial charge in [0.2, 0.25) is 0 Å². The van der Waals surface area contributed by atoms with Gasteiger partial charge in [0.15, 0.2) is 0 Å². The third-order valence-corrected chi connectivity index (χ3v) is 7.00. The van der Waals surface area contributed by atoms with Crippen molar-refractivity contribution < 1.29 is 13.9 Å². The Morgan fingerprint density at radius 2 is 1.63 bits per heavy atom. The summed E-state index contributed by atoms with van der Waals surface area (Å²) in [5.74, 6) is 0.0232. The van der Waals surface area contributed by atoms with Crippen molar-refractivity contribution in [1.29, 1.82) is 5.26 Å². The first-order valence-corrected chi connectivity index (χ1v) is 13.3. The van der Waals surface area contributed by atoms with E-state index in [2.05, 4.69) is 16.9 Å². The Kier molecular flexibility index (Phi) is 11.1. The molecule has 1 heterocycles. The molecule has 1 aliphatic rings. The minimum atomic E-state index is -0.681. The summed E-state index contributed by atoms with van der Waals surface area (Å²) in [7, 11) is 0. The molecule has 6 heteroatoms. The minimum Gasteiger partial charge on any atom is -0.426 e. The molecular formula is C29H38FN3O2. The van der Waals surface area contributed by atoms with Crippen molar-refractivity contribution in [3.63, 3.8) is 0 Å². The molecule has 2 aromatic rings. The van der Waals surface area contributed by atoms with E-state index in [0.29, 0.717) is 12.8 Å². The standard InChI is InChI=1S/C29H38FN3O2/c1-2-3-4-5-6-7-8-9-10-11-22-20-32-28(33-21-22)23-12-14-24(15-13-23)29(34)35-26-17-16-25(19-31)27(30)18-26/h16-18,20-21,23-24H,2-15H2,1H3. The smallest absolute Gasteiger partial charge is 0.314 e. The van der Waals surface area contributed by atoms with Gasteiger partial charge in [0.25, 0.3) is 0 Å². The summed E-state index contributed by atoms with van der Waals surface area (Å²) in [6, 6.07) is 5.63. The van der Waals surface area contributed by atoms with E-state index in [1.54, 1.807) is 6.07 Å². The van der Waals surface area contributed by atoms with Crippen LogP contribution in [0.5, 0.6) is 5.75 Å². The van der Waals surface area contributed by atoms with E-state index in [9.17, 15) is 9.18 Å². The zero-order valence-electron chi connectivity index (χ0n) is 21.0. The highest BCUT2D eigenvalue weighted by Crippen LogP contribution is 2.35. The second-order valence-electron chi connectivity index (χ2n) is 9.75. The van der Waals surface area contributed by atoms with Gasteiger partial charge in [-0.2, -0.15) is 5.26 Å². The van der Waals surface area contributed by atoms with Gasteiger partial charge in [0, 0.05) is 24.4 Å². The Morgan fingerprint density at radius 1 is 1.00 bits per heavy atom. The molecule has 1 saturated carbocycles. The number of hydrogen-bond donors (Lipinski definition) is 0. The average Bonchev–Trinajstić information content (AvgIpc) is 2.88. The molecule has 0 aliphatic heterocycles. The predicted molar refractivity (Wildman–Crippen MR) is 134 cm³/mol. The maximum atomic E-state index is 13.7. The van der Waals surface area contributed by atoms with Crippen molar-refractivity contribution in [3.8, 4) is 11.8 Å². The third-order valence-electron chi connectivity index (χ3n) is 7.00. The molecule has 0 unspecified atom stereocenters. The van der Waals surface area contributed by atoms with Crippen LogP contribution in [0.15, 0.2) is 30.6 Å². The van der Waals surface area contributed by atoms with Crippen LogP contribution < -0.4 is 4.74 Å². The van der Waals surface area contributed by atoms with Gasteiger partial charge >= 0.3 is 5.97 Å². The Labute approximate surface area is 209 Å². The fourth-order valence-corrected chi connectivity index (χ4v) is 4.78. The van der Waals surface area contributed by atoms with Crippen molar-refractivity contribution >= 4 is 5.97 Å². The zero-order valence-corrected chi connectivity index (χ0v) is 21.0. The number of benzene rings is 1. The summed E-state index contributed by atoms with van der Waals surface area (Å²) in [6.07, 6.45) is 19.9. The molecule has 0 atom stereocenters. The van der Waals surface area contributed by atoms with Gasteiger partial charge in [-0.15, -0.1) is 0 Å². The summed E-state index contributed by atoms with van der Waals surface area (Å²) in [6.45, 7) is 2.26. The lowest BCUT2D eigenvalue weighted by Crippen LogP contribution is -2.25. The fraction of sp³-hybridized carbons (Fsp3) is 0.586. The number of rotatable bonds is 13. The number of ether oxygens (including phenoxy) is 1. The monoisotopic (exact) mass is 479 g/mol. The summed E-state index contributed by atoms with van der Waals surface area (Å²) in [4.78, 5) is 21.8. The van der Waals surface area contributed by atoms with E-state index in [-0.39, 0.29) is 29.1 Å². The Hall–Kier alpha value is -2.81. The molecule has 3 rings (SSSR count). The molecule has 0 saturated heterocycles. The number of aromatic nitrogens is 2. The molecule has 0 bridgehead atoms. The molecule has 1 fully saturated rings. The van der Waals surface area contributed by atoms with Crippen LogP contribution in [-0.2, 0) is 11.2 Å².